The molecular formula is C22H29F6N3O4. The number of alkyl halides is 6. The van der Waals surface area contributed by atoms with Crippen LogP contribution >= 0.6 is 0 Å². The molecule has 0 unspecified atom stereocenters. The lowest BCUT2D eigenvalue weighted by molar-refractivity contribution is -0.193. The quantitative estimate of drug-likeness (QED) is 0.584. The second kappa shape index (κ2) is 12.0. The van der Waals surface area contributed by atoms with E-state index in [0.29, 0.717) is 5.54 Å². The molecule has 3 heterocycles. The first-order chi connectivity index (χ1) is 16.2. The SMILES string of the molecule is O=C(O)C(F)(F)F.O=C(O)C(F)(F)F.c1ccc(CN2CCC3(CCCN3CC3CC3)CC2)nc1. The molecule has 4 rings (SSSR count). The highest BCUT2D eigenvalue weighted by atomic mass is 19.4. The number of rotatable bonds is 4. The smallest absolute Gasteiger partial charge is 0.475 e. The summed E-state index contributed by atoms with van der Waals surface area (Å²) >= 11 is 0. The third kappa shape index (κ3) is 9.63. The predicted octanol–water partition coefficient (Wildman–Crippen LogP) is 4.19. The molecule has 2 N–H and O–H groups in total. The fourth-order valence-electron chi connectivity index (χ4n) is 4.31. The highest BCUT2D eigenvalue weighted by Gasteiger charge is 2.44. The maximum Gasteiger partial charge on any atom is 0.490 e. The summed E-state index contributed by atoms with van der Waals surface area (Å²) < 4.78 is 63.5. The Morgan fingerprint density at radius 3 is 1.91 bits per heavy atom. The molecule has 1 saturated carbocycles. The van der Waals surface area contributed by atoms with Crippen molar-refractivity contribution in [1.29, 1.82) is 0 Å². The van der Waals surface area contributed by atoms with Crippen molar-refractivity contribution < 1.29 is 46.1 Å². The number of carboxylic acid groups (broad SMARTS) is 2. The number of likely N-dealkylation sites (tertiary alicyclic amines) is 2. The number of carboxylic acids is 2. The largest absolute Gasteiger partial charge is 0.490 e. The summed E-state index contributed by atoms with van der Waals surface area (Å²) in [6.07, 6.45) is 0.315. The zero-order valence-corrected chi connectivity index (χ0v) is 19.0. The van der Waals surface area contributed by atoms with E-state index >= 15 is 0 Å². The number of aliphatic carboxylic acids is 2. The molecule has 0 atom stereocenters. The van der Waals surface area contributed by atoms with Gasteiger partial charge in [0.15, 0.2) is 0 Å². The first-order valence-electron chi connectivity index (χ1n) is 11.2. The molecule has 198 valence electrons. The van der Waals surface area contributed by atoms with Gasteiger partial charge in [0.05, 0.1) is 5.69 Å². The van der Waals surface area contributed by atoms with E-state index in [0.717, 1.165) is 12.5 Å². The molecule has 1 aromatic heterocycles. The van der Waals surface area contributed by atoms with Crippen LogP contribution in [0.3, 0.4) is 0 Å². The average molecular weight is 513 g/mol. The monoisotopic (exact) mass is 513 g/mol. The highest BCUT2D eigenvalue weighted by Crippen LogP contribution is 2.41. The first-order valence-corrected chi connectivity index (χ1v) is 11.2. The van der Waals surface area contributed by atoms with E-state index < -0.39 is 24.3 Å². The lowest BCUT2D eigenvalue weighted by Crippen LogP contribution is -2.52. The highest BCUT2D eigenvalue weighted by molar-refractivity contribution is 5.73. The molecular weight excluding hydrogens is 484 g/mol. The van der Waals surface area contributed by atoms with Crippen molar-refractivity contribution in [3.8, 4) is 0 Å². The van der Waals surface area contributed by atoms with Gasteiger partial charge in [-0.1, -0.05) is 6.07 Å². The third-order valence-electron chi connectivity index (χ3n) is 6.30. The van der Waals surface area contributed by atoms with Crippen LogP contribution in [0.5, 0.6) is 0 Å². The fourth-order valence-corrected chi connectivity index (χ4v) is 4.31. The first kappa shape index (κ1) is 28.8. The third-order valence-corrected chi connectivity index (χ3v) is 6.30. The molecule has 35 heavy (non-hydrogen) atoms. The van der Waals surface area contributed by atoms with Crippen molar-refractivity contribution in [1.82, 2.24) is 14.8 Å². The molecule has 0 bridgehead atoms. The van der Waals surface area contributed by atoms with Crippen LogP contribution in [0.25, 0.3) is 0 Å². The number of nitrogens with zero attached hydrogens (tertiary/aromatic N) is 3. The van der Waals surface area contributed by atoms with Crippen LogP contribution in [0, 0.1) is 5.92 Å². The number of halogens is 6. The van der Waals surface area contributed by atoms with Crippen molar-refractivity contribution >= 4 is 11.9 Å². The molecule has 3 aliphatic rings. The van der Waals surface area contributed by atoms with Crippen molar-refractivity contribution in [3.05, 3.63) is 30.1 Å². The van der Waals surface area contributed by atoms with Crippen LogP contribution in [-0.4, -0.2) is 81.0 Å². The second-order valence-corrected chi connectivity index (χ2v) is 8.92. The zero-order valence-electron chi connectivity index (χ0n) is 19.0. The van der Waals surface area contributed by atoms with Gasteiger partial charge in [-0.3, -0.25) is 14.8 Å². The van der Waals surface area contributed by atoms with Gasteiger partial charge in [0.1, 0.15) is 0 Å². The van der Waals surface area contributed by atoms with Crippen molar-refractivity contribution in [2.45, 2.75) is 63.0 Å². The van der Waals surface area contributed by atoms with Gasteiger partial charge in [-0.15, -0.1) is 0 Å². The average Bonchev–Trinajstić information content (AvgIpc) is 3.51. The Morgan fingerprint density at radius 2 is 1.49 bits per heavy atom. The number of carbonyl (C=O) groups is 2. The number of hydrogen-bond acceptors (Lipinski definition) is 5. The van der Waals surface area contributed by atoms with Crippen LogP contribution in [0.15, 0.2) is 24.4 Å². The second-order valence-electron chi connectivity index (χ2n) is 8.92. The van der Waals surface area contributed by atoms with E-state index in [1.807, 2.05) is 12.3 Å². The topological polar surface area (TPSA) is 94.0 Å². The molecule has 1 aromatic rings. The number of piperidine rings is 1. The molecule has 2 saturated heterocycles. The summed E-state index contributed by atoms with van der Waals surface area (Å²) in [5.74, 6) is -4.48. The Balaban J connectivity index is 0.000000257. The number of aromatic nitrogens is 1. The van der Waals surface area contributed by atoms with Crippen molar-refractivity contribution in [3.63, 3.8) is 0 Å². The molecule has 0 radical (unpaired) electrons. The van der Waals surface area contributed by atoms with E-state index in [2.05, 4.69) is 26.9 Å². The number of pyridine rings is 1. The minimum atomic E-state index is -5.08. The van der Waals surface area contributed by atoms with Gasteiger partial charge in [-0.05, 0) is 63.1 Å². The minimum Gasteiger partial charge on any atom is -0.475 e. The summed E-state index contributed by atoms with van der Waals surface area (Å²) in [5, 5.41) is 14.2. The standard InChI is InChI=1S/C18H27N3.2C2HF3O2/c1-2-10-19-17(4-1)15-20-12-8-18(9-13-20)7-3-11-21(18)14-16-5-6-16;2*3-2(4,5)1(6)7/h1-2,4,10,16H,3,5-9,11-15H2;2*(H,6,7). The number of hydrogen-bond donors (Lipinski definition) is 2. The molecule has 1 spiro atoms. The molecule has 3 fully saturated rings. The Kier molecular flexibility index (Phi) is 9.90. The van der Waals surface area contributed by atoms with Gasteiger partial charge in [-0.25, -0.2) is 9.59 Å². The maximum absolute atomic E-state index is 10.6. The molecule has 0 aromatic carbocycles. The lowest BCUT2D eigenvalue weighted by atomic mass is 9.84. The van der Waals surface area contributed by atoms with Crippen molar-refractivity contribution in [2.75, 3.05) is 26.2 Å². The summed E-state index contributed by atoms with van der Waals surface area (Å²) in [6, 6.07) is 6.25. The Bertz CT molecular complexity index is 799. The van der Waals surface area contributed by atoms with Crippen LogP contribution in [0.4, 0.5) is 26.3 Å². The van der Waals surface area contributed by atoms with Gasteiger partial charge >= 0.3 is 24.3 Å². The Morgan fingerprint density at radius 1 is 0.943 bits per heavy atom. The van der Waals surface area contributed by atoms with Gasteiger partial charge in [0.25, 0.3) is 0 Å². The van der Waals surface area contributed by atoms with Gasteiger partial charge < -0.3 is 10.2 Å². The van der Waals surface area contributed by atoms with E-state index in [1.165, 1.54) is 70.4 Å². The van der Waals surface area contributed by atoms with Crippen LogP contribution < -0.4 is 0 Å². The Labute approximate surface area is 198 Å². The van der Waals surface area contributed by atoms with Crippen LogP contribution in [-0.2, 0) is 16.1 Å². The molecule has 7 nitrogen and oxygen atoms in total. The van der Waals surface area contributed by atoms with Crippen LogP contribution in [0.2, 0.25) is 0 Å². The van der Waals surface area contributed by atoms with E-state index in [4.69, 9.17) is 19.8 Å². The predicted molar refractivity (Wildman–Crippen MR) is 112 cm³/mol. The van der Waals surface area contributed by atoms with Gasteiger partial charge in [0, 0.05) is 37.9 Å². The summed E-state index contributed by atoms with van der Waals surface area (Å²) in [7, 11) is 0. The molecule has 13 heteroatoms. The maximum atomic E-state index is 10.6. The summed E-state index contributed by atoms with van der Waals surface area (Å²) in [4.78, 5) is 27.7. The molecule has 1 aliphatic carbocycles. The van der Waals surface area contributed by atoms with E-state index in [9.17, 15) is 26.3 Å². The minimum absolute atomic E-state index is 0.559. The normalized spacial score (nSPS) is 20.4. The lowest BCUT2D eigenvalue weighted by Gasteiger charge is -2.45. The molecule has 2 aliphatic heterocycles. The fraction of sp³-hybridized carbons (Fsp3) is 0.682. The van der Waals surface area contributed by atoms with E-state index in [1.54, 1.807) is 0 Å². The van der Waals surface area contributed by atoms with Gasteiger partial charge in [0.2, 0.25) is 0 Å². The Hall–Kier alpha value is -2.41. The zero-order chi connectivity index (χ0) is 26.3. The van der Waals surface area contributed by atoms with Crippen LogP contribution in [0.1, 0.15) is 44.2 Å². The van der Waals surface area contributed by atoms with Crippen molar-refractivity contribution in [2.24, 2.45) is 5.92 Å². The van der Waals surface area contributed by atoms with Gasteiger partial charge in [-0.2, -0.15) is 26.3 Å². The molecule has 0 amide bonds. The summed E-state index contributed by atoms with van der Waals surface area (Å²) in [6.45, 7) is 6.27. The summed E-state index contributed by atoms with van der Waals surface area (Å²) in [5.41, 5.74) is 1.78. The van der Waals surface area contributed by atoms with E-state index in [-0.39, 0.29) is 0 Å².